The minimum Gasteiger partial charge on any atom is -0.496 e. The predicted molar refractivity (Wildman–Crippen MR) is 93.0 cm³/mol. The number of methoxy groups -OCH3 is 2. The molecular weight excluding hydrogens is 366 g/mol. The molecule has 0 bridgehead atoms. The van der Waals surface area contributed by atoms with Gasteiger partial charge in [-0.25, -0.2) is 4.98 Å². The number of aromatic nitrogens is 1. The number of nitrogens with zero attached hydrogens (tertiary/aromatic N) is 1. The second-order valence-electron chi connectivity index (χ2n) is 4.67. The van der Waals surface area contributed by atoms with Gasteiger partial charge in [-0.05, 0) is 46.3 Å². The summed E-state index contributed by atoms with van der Waals surface area (Å²) < 4.78 is 11.5. The molecule has 0 N–H and O–H groups in total. The summed E-state index contributed by atoms with van der Waals surface area (Å²) in [4.78, 5) is 4.73. The Morgan fingerprint density at radius 3 is 2.45 bits per heavy atom. The van der Waals surface area contributed by atoms with Crippen molar-refractivity contribution in [3.8, 4) is 22.8 Å². The smallest absolute Gasteiger partial charge is 0.135 e. The minimum atomic E-state index is 0.634. The molecule has 22 heavy (non-hydrogen) atoms. The second-order valence-corrected chi connectivity index (χ2v) is 5.87. The molecule has 0 fully saturated rings. The number of para-hydroxylation sites is 1. The molecule has 0 saturated heterocycles. The Balaban J connectivity index is 2.30. The van der Waals surface area contributed by atoms with Crippen LogP contribution < -0.4 is 9.47 Å². The number of halogens is 2. The second kappa shape index (κ2) is 6.15. The van der Waals surface area contributed by atoms with Crippen LogP contribution in [0.15, 0.2) is 46.9 Å². The Morgan fingerprint density at radius 2 is 1.73 bits per heavy atom. The summed E-state index contributed by atoms with van der Waals surface area (Å²) in [6, 6.07) is 13.3. The van der Waals surface area contributed by atoms with Crippen LogP contribution in [0, 0.1) is 0 Å². The summed E-state index contributed by atoms with van der Waals surface area (Å²) in [7, 11) is 3.26. The summed E-state index contributed by atoms with van der Waals surface area (Å²) in [5.41, 5.74) is 2.40. The highest BCUT2D eigenvalue weighted by Crippen LogP contribution is 2.38. The summed E-state index contributed by atoms with van der Waals surface area (Å²) in [6.07, 6.45) is 0. The van der Waals surface area contributed by atoms with E-state index in [1.165, 1.54) is 0 Å². The van der Waals surface area contributed by atoms with Crippen molar-refractivity contribution in [3.63, 3.8) is 0 Å². The zero-order chi connectivity index (χ0) is 15.7. The van der Waals surface area contributed by atoms with Gasteiger partial charge in [0.15, 0.2) is 0 Å². The molecule has 2 aromatic carbocycles. The summed E-state index contributed by atoms with van der Waals surface area (Å²) in [5.74, 6) is 1.47. The third kappa shape index (κ3) is 2.53. The van der Waals surface area contributed by atoms with E-state index in [1.54, 1.807) is 14.2 Å². The molecule has 3 aromatic rings. The van der Waals surface area contributed by atoms with E-state index >= 15 is 0 Å². The lowest BCUT2D eigenvalue weighted by atomic mass is 10.1. The van der Waals surface area contributed by atoms with Gasteiger partial charge in [-0.2, -0.15) is 0 Å². The lowest BCUT2D eigenvalue weighted by Crippen LogP contribution is -1.93. The molecule has 0 saturated carbocycles. The first-order chi connectivity index (χ1) is 10.7. The topological polar surface area (TPSA) is 31.4 Å². The number of fused-ring (bicyclic) bond motifs is 1. The van der Waals surface area contributed by atoms with Crippen LogP contribution in [0.4, 0.5) is 0 Å². The molecule has 1 heterocycles. The first kappa shape index (κ1) is 15.1. The van der Waals surface area contributed by atoms with Crippen LogP contribution in [0.5, 0.6) is 11.5 Å². The van der Waals surface area contributed by atoms with Gasteiger partial charge in [-0.15, -0.1) is 0 Å². The summed E-state index contributed by atoms with van der Waals surface area (Å²) >= 11 is 9.97. The van der Waals surface area contributed by atoms with Crippen LogP contribution in [0.2, 0.25) is 5.02 Å². The van der Waals surface area contributed by atoms with Crippen molar-refractivity contribution in [2.45, 2.75) is 0 Å². The van der Waals surface area contributed by atoms with Crippen molar-refractivity contribution >= 4 is 38.4 Å². The van der Waals surface area contributed by atoms with Gasteiger partial charge in [0.1, 0.15) is 11.5 Å². The fourth-order valence-corrected chi connectivity index (χ4v) is 3.20. The number of hydrogen-bond donors (Lipinski definition) is 0. The Bertz CT molecular complexity index is 851. The molecule has 5 heteroatoms. The van der Waals surface area contributed by atoms with Gasteiger partial charge in [0, 0.05) is 10.9 Å². The van der Waals surface area contributed by atoms with Gasteiger partial charge in [0.05, 0.1) is 34.9 Å². The van der Waals surface area contributed by atoms with E-state index in [-0.39, 0.29) is 0 Å². The Morgan fingerprint density at radius 1 is 1.00 bits per heavy atom. The molecule has 0 unspecified atom stereocenters. The van der Waals surface area contributed by atoms with Gasteiger partial charge in [0.2, 0.25) is 0 Å². The fraction of sp³-hybridized carbons (Fsp3) is 0.118. The van der Waals surface area contributed by atoms with Crippen molar-refractivity contribution in [2.75, 3.05) is 14.2 Å². The average molecular weight is 379 g/mol. The fourth-order valence-electron chi connectivity index (χ4n) is 2.35. The number of pyridine rings is 1. The maximum atomic E-state index is 6.43. The molecule has 0 aliphatic heterocycles. The van der Waals surface area contributed by atoms with E-state index in [1.807, 2.05) is 42.5 Å². The SMILES string of the molecule is COc1ccccc1-c1cc(Cl)c2ccc(OC)c(Br)c2n1. The molecule has 3 rings (SSSR count). The zero-order valence-electron chi connectivity index (χ0n) is 12.1. The predicted octanol–water partition coefficient (Wildman–Crippen LogP) is 5.33. The van der Waals surface area contributed by atoms with E-state index in [2.05, 4.69) is 15.9 Å². The minimum absolute atomic E-state index is 0.634. The highest BCUT2D eigenvalue weighted by Gasteiger charge is 2.14. The first-order valence-electron chi connectivity index (χ1n) is 6.62. The van der Waals surface area contributed by atoms with Crippen LogP contribution in [-0.4, -0.2) is 19.2 Å². The Hall–Kier alpha value is -1.78. The highest BCUT2D eigenvalue weighted by atomic mass is 79.9. The monoisotopic (exact) mass is 377 g/mol. The molecule has 112 valence electrons. The molecule has 1 aromatic heterocycles. The number of ether oxygens (including phenoxy) is 2. The maximum Gasteiger partial charge on any atom is 0.135 e. The van der Waals surface area contributed by atoms with E-state index in [0.717, 1.165) is 32.4 Å². The standard InChI is InChI=1S/C17H13BrClNO2/c1-21-14-6-4-3-5-11(14)13-9-12(19)10-7-8-15(22-2)16(18)17(10)20-13/h3-9H,1-2H3. The van der Waals surface area contributed by atoms with E-state index in [9.17, 15) is 0 Å². The third-order valence-electron chi connectivity index (χ3n) is 3.44. The number of rotatable bonds is 3. The largest absolute Gasteiger partial charge is 0.496 e. The van der Waals surface area contributed by atoms with Crippen molar-refractivity contribution in [1.29, 1.82) is 0 Å². The molecule has 0 radical (unpaired) electrons. The van der Waals surface area contributed by atoms with Crippen LogP contribution >= 0.6 is 27.5 Å². The quantitative estimate of drug-likeness (QED) is 0.617. The molecule has 0 spiro atoms. The summed E-state index contributed by atoms with van der Waals surface area (Å²) in [6.45, 7) is 0. The maximum absolute atomic E-state index is 6.43. The van der Waals surface area contributed by atoms with Gasteiger partial charge >= 0.3 is 0 Å². The Kier molecular flexibility index (Phi) is 4.23. The molecule has 3 nitrogen and oxygen atoms in total. The zero-order valence-corrected chi connectivity index (χ0v) is 14.4. The molecule has 0 atom stereocenters. The van der Waals surface area contributed by atoms with Gasteiger partial charge in [-0.1, -0.05) is 23.7 Å². The third-order valence-corrected chi connectivity index (χ3v) is 4.52. The average Bonchev–Trinajstić information content (AvgIpc) is 2.55. The molecule has 0 aliphatic carbocycles. The lowest BCUT2D eigenvalue weighted by molar-refractivity contribution is 0.413. The highest BCUT2D eigenvalue weighted by molar-refractivity contribution is 9.10. The van der Waals surface area contributed by atoms with E-state index < -0.39 is 0 Å². The van der Waals surface area contributed by atoms with E-state index in [0.29, 0.717) is 10.8 Å². The van der Waals surface area contributed by atoms with Crippen molar-refractivity contribution in [2.24, 2.45) is 0 Å². The molecule has 0 aliphatic rings. The lowest BCUT2D eigenvalue weighted by Gasteiger charge is -2.12. The van der Waals surface area contributed by atoms with Crippen molar-refractivity contribution < 1.29 is 9.47 Å². The van der Waals surface area contributed by atoms with Crippen LogP contribution in [0.3, 0.4) is 0 Å². The van der Waals surface area contributed by atoms with Crippen LogP contribution in [0.25, 0.3) is 22.2 Å². The number of hydrogen-bond acceptors (Lipinski definition) is 3. The first-order valence-corrected chi connectivity index (χ1v) is 7.79. The molecule has 0 amide bonds. The van der Waals surface area contributed by atoms with E-state index in [4.69, 9.17) is 26.1 Å². The van der Waals surface area contributed by atoms with Gasteiger partial charge in [-0.3, -0.25) is 0 Å². The van der Waals surface area contributed by atoms with Crippen LogP contribution in [-0.2, 0) is 0 Å². The molecular formula is C17H13BrClNO2. The van der Waals surface area contributed by atoms with Crippen molar-refractivity contribution in [3.05, 3.63) is 52.0 Å². The summed E-state index contributed by atoms with van der Waals surface area (Å²) in [5, 5.41) is 1.50. The normalized spacial score (nSPS) is 10.7. The van der Waals surface area contributed by atoms with Gasteiger partial charge in [0.25, 0.3) is 0 Å². The van der Waals surface area contributed by atoms with Crippen LogP contribution in [0.1, 0.15) is 0 Å². The number of benzene rings is 2. The van der Waals surface area contributed by atoms with Gasteiger partial charge < -0.3 is 9.47 Å². The Labute approximate surface area is 142 Å². The van der Waals surface area contributed by atoms with Crippen molar-refractivity contribution in [1.82, 2.24) is 4.98 Å².